The monoisotopic (exact) mass is 288 g/mol. The minimum Gasteiger partial charge on any atom is -0.481 e. The van der Waals surface area contributed by atoms with Crippen molar-refractivity contribution in [1.29, 1.82) is 0 Å². The number of hydrogen-bond acceptors (Lipinski definition) is 4. The number of aromatic nitrogens is 3. The first-order valence-electron chi connectivity index (χ1n) is 6.48. The number of carboxylic acid groups (broad SMARTS) is 1. The summed E-state index contributed by atoms with van der Waals surface area (Å²) >= 11 is 0. The zero-order valence-corrected chi connectivity index (χ0v) is 11.7. The molecule has 0 aliphatic carbocycles. The number of carbonyl (C=O) groups excluding carboxylic acids is 1. The quantitative estimate of drug-likeness (QED) is 0.870. The molecule has 110 valence electrons. The molecule has 0 saturated carbocycles. The molecule has 1 aromatic heterocycles. The molecule has 21 heavy (non-hydrogen) atoms. The number of carbonyl (C=O) groups is 2. The summed E-state index contributed by atoms with van der Waals surface area (Å²) in [6, 6.07) is 7.03. The molecule has 2 atom stereocenters. The van der Waals surface area contributed by atoms with Crippen molar-refractivity contribution in [3.05, 3.63) is 36.9 Å². The fourth-order valence-electron chi connectivity index (χ4n) is 1.74. The molecule has 0 radical (unpaired) electrons. The number of rotatable bonds is 5. The van der Waals surface area contributed by atoms with Crippen molar-refractivity contribution in [2.75, 3.05) is 5.32 Å². The van der Waals surface area contributed by atoms with Gasteiger partial charge in [0.2, 0.25) is 5.91 Å². The summed E-state index contributed by atoms with van der Waals surface area (Å²) in [4.78, 5) is 26.7. The molecule has 0 aliphatic rings. The molecule has 0 saturated heterocycles. The lowest BCUT2D eigenvalue weighted by atomic mass is 9.95. The van der Waals surface area contributed by atoms with Gasteiger partial charge in [-0.1, -0.05) is 13.8 Å². The number of carboxylic acids is 1. The minimum atomic E-state index is -0.987. The Kier molecular flexibility index (Phi) is 4.32. The lowest BCUT2D eigenvalue weighted by Crippen LogP contribution is -2.29. The van der Waals surface area contributed by atoms with E-state index in [1.807, 2.05) is 0 Å². The molecular weight excluding hydrogens is 272 g/mol. The highest BCUT2D eigenvalue weighted by Gasteiger charge is 2.25. The Hall–Kier alpha value is -2.70. The SMILES string of the molecule is CC(C(=O)O)C(C)C(=O)Nc1ccc(-n2cncn2)cc1. The van der Waals surface area contributed by atoms with Crippen LogP contribution in [-0.4, -0.2) is 31.7 Å². The van der Waals surface area contributed by atoms with E-state index >= 15 is 0 Å². The van der Waals surface area contributed by atoms with Crippen LogP contribution in [0, 0.1) is 11.8 Å². The zero-order valence-electron chi connectivity index (χ0n) is 11.7. The van der Waals surface area contributed by atoms with E-state index < -0.39 is 17.8 Å². The number of hydrogen-bond donors (Lipinski definition) is 2. The standard InChI is InChI=1S/C14H16N4O3/c1-9(10(2)14(20)21)13(19)17-11-3-5-12(6-4-11)18-8-15-7-16-18/h3-10H,1-2H3,(H,17,19)(H,20,21). The first kappa shape index (κ1) is 14.7. The Morgan fingerprint density at radius 2 is 1.86 bits per heavy atom. The Labute approximate surface area is 121 Å². The van der Waals surface area contributed by atoms with Crippen LogP contribution in [0.1, 0.15) is 13.8 Å². The average Bonchev–Trinajstić information content (AvgIpc) is 3.00. The Morgan fingerprint density at radius 1 is 1.19 bits per heavy atom. The molecule has 0 bridgehead atoms. The highest BCUT2D eigenvalue weighted by molar-refractivity contribution is 5.94. The van der Waals surface area contributed by atoms with Crippen LogP contribution in [0.4, 0.5) is 5.69 Å². The highest BCUT2D eigenvalue weighted by Crippen LogP contribution is 2.16. The van der Waals surface area contributed by atoms with Gasteiger partial charge in [-0.3, -0.25) is 9.59 Å². The smallest absolute Gasteiger partial charge is 0.307 e. The van der Waals surface area contributed by atoms with Crippen LogP contribution in [0.2, 0.25) is 0 Å². The van der Waals surface area contributed by atoms with Crippen molar-refractivity contribution in [3.63, 3.8) is 0 Å². The van der Waals surface area contributed by atoms with Crippen LogP contribution in [0.5, 0.6) is 0 Å². The van der Waals surface area contributed by atoms with E-state index in [0.29, 0.717) is 5.69 Å². The van der Waals surface area contributed by atoms with Gasteiger partial charge in [0.05, 0.1) is 11.6 Å². The second-order valence-electron chi connectivity index (χ2n) is 4.79. The largest absolute Gasteiger partial charge is 0.481 e. The summed E-state index contributed by atoms with van der Waals surface area (Å²) in [6.45, 7) is 3.11. The highest BCUT2D eigenvalue weighted by atomic mass is 16.4. The van der Waals surface area contributed by atoms with Crippen molar-refractivity contribution >= 4 is 17.6 Å². The number of nitrogens with zero attached hydrogens (tertiary/aromatic N) is 3. The summed E-state index contributed by atoms with van der Waals surface area (Å²) < 4.78 is 1.60. The van der Waals surface area contributed by atoms with E-state index in [4.69, 9.17) is 5.11 Å². The molecule has 0 spiro atoms. The van der Waals surface area contributed by atoms with Crippen molar-refractivity contribution in [2.24, 2.45) is 11.8 Å². The van der Waals surface area contributed by atoms with Gasteiger partial charge in [0.1, 0.15) is 12.7 Å². The van der Waals surface area contributed by atoms with Gasteiger partial charge < -0.3 is 10.4 Å². The summed E-state index contributed by atoms with van der Waals surface area (Å²) in [5.74, 6) is -2.66. The van der Waals surface area contributed by atoms with Gasteiger partial charge in [-0.2, -0.15) is 5.10 Å². The summed E-state index contributed by atoms with van der Waals surface area (Å²) in [7, 11) is 0. The molecule has 1 amide bonds. The first-order valence-corrected chi connectivity index (χ1v) is 6.48. The Balaban J connectivity index is 2.03. The van der Waals surface area contributed by atoms with Crippen molar-refractivity contribution in [2.45, 2.75) is 13.8 Å². The lowest BCUT2D eigenvalue weighted by Gasteiger charge is -2.15. The van der Waals surface area contributed by atoms with Crippen molar-refractivity contribution < 1.29 is 14.7 Å². The van der Waals surface area contributed by atoms with E-state index in [-0.39, 0.29) is 5.91 Å². The van der Waals surface area contributed by atoms with Crippen LogP contribution in [0.3, 0.4) is 0 Å². The fraction of sp³-hybridized carbons (Fsp3) is 0.286. The molecule has 1 aromatic carbocycles. The number of amides is 1. The number of anilines is 1. The maximum absolute atomic E-state index is 12.0. The van der Waals surface area contributed by atoms with E-state index in [2.05, 4.69) is 15.4 Å². The van der Waals surface area contributed by atoms with Gasteiger partial charge in [-0.25, -0.2) is 9.67 Å². The van der Waals surface area contributed by atoms with Crippen LogP contribution in [0.15, 0.2) is 36.9 Å². The molecule has 2 unspecified atom stereocenters. The van der Waals surface area contributed by atoms with Gasteiger partial charge in [-0.15, -0.1) is 0 Å². The second kappa shape index (κ2) is 6.17. The molecule has 0 fully saturated rings. The van der Waals surface area contributed by atoms with E-state index in [9.17, 15) is 9.59 Å². The molecule has 7 heteroatoms. The summed E-state index contributed by atoms with van der Waals surface area (Å²) in [5.41, 5.74) is 1.42. The van der Waals surface area contributed by atoms with Gasteiger partial charge in [-0.05, 0) is 24.3 Å². The third-order valence-corrected chi connectivity index (χ3v) is 3.37. The predicted molar refractivity (Wildman–Crippen MR) is 76.0 cm³/mol. The third-order valence-electron chi connectivity index (χ3n) is 3.37. The number of nitrogens with one attached hydrogen (secondary N) is 1. The molecule has 7 nitrogen and oxygen atoms in total. The van der Waals surface area contributed by atoms with E-state index in [1.54, 1.807) is 42.2 Å². The van der Waals surface area contributed by atoms with Crippen molar-refractivity contribution in [1.82, 2.24) is 14.8 Å². The van der Waals surface area contributed by atoms with E-state index in [1.165, 1.54) is 13.3 Å². The third kappa shape index (κ3) is 3.44. The van der Waals surface area contributed by atoms with Gasteiger partial charge >= 0.3 is 5.97 Å². The molecule has 2 aromatic rings. The van der Waals surface area contributed by atoms with Crippen LogP contribution in [0.25, 0.3) is 5.69 Å². The average molecular weight is 288 g/mol. The number of benzene rings is 1. The molecule has 1 heterocycles. The molecule has 2 N–H and O–H groups in total. The first-order chi connectivity index (χ1) is 9.99. The van der Waals surface area contributed by atoms with Crippen LogP contribution in [-0.2, 0) is 9.59 Å². The molecule has 2 rings (SSSR count). The second-order valence-corrected chi connectivity index (χ2v) is 4.79. The summed E-state index contributed by atoms with van der Waals surface area (Å²) in [6.07, 6.45) is 3.01. The molecule has 0 aliphatic heterocycles. The van der Waals surface area contributed by atoms with Crippen LogP contribution >= 0.6 is 0 Å². The minimum absolute atomic E-state index is 0.321. The Bertz CT molecular complexity index is 622. The fourth-order valence-corrected chi connectivity index (χ4v) is 1.74. The zero-order chi connectivity index (χ0) is 15.4. The maximum atomic E-state index is 12.0. The Morgan fingerprint density at radius 3 is 2.38 bits per heavy atom. The molecular formula is C14H16N4O3. The van der Waals surface area contributed by atoms with E-state index in [0.717, 1.165) is 5.69 Å². The number of aliphatic carboxylic acids is 1. The predicted octanol–water partition coefficient (Wildman–Crippen LogP) is 1.56. The normalized spacial score (nSPS) is 13.4. The summed E-state index contributed by atoms with van der Waals surface area (Å²) in [5, 5.41) is 15.6. The van der Waals surface area contributed by atoms with Gasteiger partial charge in [0, 0.05) is 11.6 Å². The van der Waals surface area contributed by atoms with Gasteiger partial charge in [0.25, 0.3) is 0 Å². The van der Waals surface area contributed by atoms with Gasteiger partial charge in [0.15, 0.2) is 0 Å². The van der Waals surface area contributed by atoms with Crippen LogP contribution < -0.4 is 5.32 Å². The van der Waals surface area contributed by atoms with Crippen molar-refractivity contribution in [3.8, 4) is 5.69 Å². The maximum Gasteiger partial charge on any atom is 0.307 e. The topological polar surface area (TPSA) is 97.1 Å². The lowest BCUT2D eigenvalue weighted by molar-refractivity contribution is -0.145.